The lowest BCUT2D eigenvalue weighted by molar-refractivity contribution is 0.598. The van der Waals surface area contributed by atoms with Gasteiger partial charge in [0.1, 0.15) is 0 Å². The first kappa shape index (κ1) is 14.5. The minimum absolute atomic E-state index is 0.0403. The highest BCUT2D eigenvalue weighted by Crippen LogP contribution is 2.29. The second-order valence-corrected chi connectivity index (χ2v) is 6.93. The van der Waals surface area contributed by atoms with Gasteiger partial charge in [-0.3, -0.25) is 0 Å². The number of nitrogens with two attached hydrogens (primary N) is 1. The fraction of sp³-hybridized carbons (Fsp3) is 0.286. The van der Waals surface area contributed by atoms with Crippen molar-refractivity contribution in [3.63, 3.8) is 0 Å². The monoisotopic (exact) mass is 291 g/mol. The molecule has 2 rings (SSSR count). The average Bonchev–Trinajstić information content (AvgIpc) is 2.37. The number of benzene rings is 1. The number of hydrogen-bond acceptors (Lipinski definition) is 5. The van der Waals surface area contributed by atoms with Crippen molar-refractivity contribution in [1.29, 1.82) is 0 Å². The Bertz CT molecular complexity index is 740. The Labute approximate surface area is 118 Å². The van der Waals surface area contributed by atoms with Crippen LogP contribution < -0.4 is 5.73 Å². The average molecular weight is 291 g/mol. The van der Waals surface area contributed by atoms with Gasteiger partial charge in [-0.15, -0.1) is 0 Å². The highest BCUT2D eigenvalue weighted by atomic mass is 32.2. The van der Waals surface area contributed by atoms with Crippen LogP contribution >= 0.6 is 0 Å². The molecule has 0 saturated heterocycles. The summed E-state index contributed by atoms with van der Waals surface area (Å²) in [5, 5.41) is -0.0569. The van der Waals surface area contributed by atoms with E-state index in [1.165, 1.54) is 6.07 Å². The molecule has 0 spiro atoms. The summed E-state index contributed by atoms with van der Waals surface area (Å²) < 4.78 is 23.3. The zero-order valence-electron chi connectivity index (χ0n) is 11.7. The molecule has 5 nitrogen and oxygen atoms in total. The van der Waals surface area contributed by atoms with E-state index >= 15 is 0 Å². The quantitative estimate of drug-likeness (QED) is 0.877. The van der Waals surface area contributed by atoms with E-state index in [4.69, 9.17) is 5.73 Å². The van der Waals surface area contributed by atoms with Gasteiger partial charge in [-0.25, -0.2) is 18.4 Å². The number of sulfone groups is 1. The maximum absolute atomic E-state index is 11.6. The third-order valence-electron chi connectivity index (χ3n) is 2.96. The molecule has 2 aromatic rings. The van der Waals surface area contributed by atoms with Crippen LogP contribution in [0.4, 0.5) is 5.95 Å². The zero-order chi connectivity index (χ0) is 14.9. The molecule has 106 valence electrons. The first-order valence-electron chi connectivity index (χ1n) is 6.23. The molecule has 0 aliphatic heterocycles. The highest BCUT2D eigenvalue weighted by molar-refractivity contribution is 7.90. The fourth-order valence-corrected chi connectivity index (χ4v) is 2.59. The van der Waals surface area contributed by atoms with Crippen molar-refractivity contribution in [3.8, 4) is 11.3 Å². The van der Waals surface area contributed by atoms with Crippen molar-refractivity contribution < 1.29 is 8.42 Å². The van der Waals surface area contributed by atoms with Crippen molar-refractivity contribution in [2.24, 2.45) is 0 Å². The normalized spacial score (nSPS) is 11.8. The van der Waals surface area contributed by atoms with Crippen molar-refractivity contribution in [2.45, 2.75) is 24.8 Å². The number of aromatic nitrogens is 2. The van der Waals surface area contributed by atoms with E-state index in [1.54, 1.807) is 0 Å². The lowest BCUT2D eigenvalue weighted by atomic mass is 9.95. The van der Waals surface area contributed by atoms with Gasteiger partial charge in [-0.05, 0) is 11.5 Å². The van der Waals surface area contributed by atoms with Crippen LogP contribution in [0.15, 0.2) is 35.4 Å². The number of nitrogen functional groups attached to an aromatic ring is 1. The Morgan fingerprint density at radius 3 is 2.40 bits per heavy atom. The molecule has 0 saturated carbocycles. The molecule has 0 amide bonds. The van der Waals surface area contributed by atoms with E-state index in [0.717, 1.165) is 17.4 Å². The standard InChI is InChI=1S/C14H17N3O2S/c1-9(2)10-6-4-5-7-11(10)12-8-13(20(3,18)19)17-14(15)16-12/h4-9H,1-3H3,(H2,15,16,17). The van der Waals surface area contributed by atoms with Gasteiger partial charge in [0.25, 0.3) is 0 Å². The summed E-state index contributed by atoms with van der Waals surface area (Å²) in [6, 6.07) is 9.20. The van der Waals surface area contributed by atoms with Crippen molar-refractivity contribution in [1.82, 2.24) is 9.97 Å². The van der Waals surface area contributed by atoms with E-state index in [0.29, 0.717) is 11.6 Å². The van der Waals surface area contributed by atoms with E-state index in [-0.39, 0.29) is 11.0 Å². The van der Waals surface area contributed by atoms with Gasteiger partial charge in [0, 0.05) is 17.9 Å². The van der Waals surface area contributed by atoms with Crippen LogP contribution in [-0.4, -0.2) is 24.6 Å². The Morgan fingerprint density at radius 2 is 1.80 bits per heavy atom. The highest BCUT2D eigenvalue weighted by Gasteiger charge is 2.15. The molecule has 6 heteroatoms. The van der Waals surface area contributed by atoms with Gasteiger partial charge in [-0.2, -0.15) is 0 Å². The Kier molecular flexibility index (Phi) is 3.76. The number of hydrogen-bond donors (Lipinski definition) is 1. The molecule has 1 aromatic heterocycles. The number of anilines is 1. The first-order chi connectivity index (χ1) is 9.29. The topological polar surface area (TPSA) is 85.9 Å². The lowest BCUT2D eigenvalue weighted by Crippen LogP contribution is -2.06. The summed E-state index contributed by atoms with van der Waals surface area (Å²) in [6.07, 6.45) is 1.10. The smallest absolute Gasteiger partial charge is 0.221 e. The summed E-state index contributed by atoms with van der Waals surface area (Å²) >= 11 is 0. The largest absolute Gasteiger partial charge is 0.368 e. The molecule has 1 heterocycles. The molecule has 0 unspecified atom stereocenters. The Morgan fingerprint density at radius 1 is 1.15 bits per heavy atom. The summed E-state index contributed by atoms with van der Waals surface area (Å²) in [4.78, 5) is 7.95. The SMILES string of the molecule is CC(C)c1ccccc1-c1cc(S(C)(=O)=O)nc(N)n1. The van der Waals surface area contributed by atoms with Crippen LogP contribution in [0.25, 0.3) is 11.3 Å². The van der Waals surface area contributed by atoms with Gasteiger partial charge in [-0.1, -0.05) is 38.1 Å². The van der Waals surface area contributed by atoms with Gasteiger partial charge in [0.05, 0.1) is 5.69 Å². The molecular formula is C14H17N3O2S. The predicted molar refractivity (Wildman–Crippen MR) is 79.1 cm³/mol. The van der Waals surface area contributed by atoms with Crippen LogP contribution in [0, 0.1) is 0 Å². The van der Waals surface area contributed by atoms with Crippen molar-refractivity contribution in [2.75, 3.05) is 12.0 Å². The van der Waals surface area contributed by atoms with E-state index < -0.39 is 9.84 Å². The van der Waals surface area contributed by atoms with Gasteiger partial charge < -0.3 is 5.73 Å². The van der Waals surface area contributed by atoms with Crippen LogP contribution in [0.3, 0.4) is 0 Å². The molecule has 0 atom stereocenters. The van der Waals surface area contributed by atoms with Crippen molar-refractivity contribution >= 4 is 15.8 Å². The molecule has 2 N–H and O–H groups in total. The van der Waals surface area contributed by atoms with Crippen molar-refractivity contribution in [3.05, 3.63) is 35.9 Å². The minimum Gasteiger partial charge on any atom is -0.368 e. The van der Waals surface area contributed by atoms with Crippen LogP contribution in [0.2, 0.25) is 0 Å². The van der Waals surface area contributed by atoms with E-state index in [1.807, 2.05) is 24.3 Å². The molecule has 0 radical (unpaired) electrons. The maximum Gasteiger partial charge on any atom is 0.221 e. The first-order valence-corrected chi connectivity index (χ1v) is 8.12. The summed E-state index contributed by atoms with van der Waals surface area (Å²) in [6.45, 7) is 4.14. The van der Waals surface area contributed by atoms with Crippen LogP contribution in [0.1, 0.15) is 25.3 Å². The summed E-state index contributed by atoms with van der Waals surface area (Å²) in [5.41, 5.74) is 8.13. The fourth-order valence-electron chi connectivity index (χ4n) is 2.00. The molecule has 0 aliphatic rings. The third-order valence-corrected chi connectivity index (χ3v) is 3.93. The maximum atomic E-state index is 11.6. The van der Waals surface area contributed by atoms with Crippen LogP contribution in [-0.2, 0) is 9.84 Å². The zero-order valence-corrected chi connectivity index (χ0v) is 12.5. The summed E-state index contributed by atoms with van der Waals surface area (Å²) in [5.74, 6) is 0.255. The number of rotatable bonds is 3. The molecule has 0 bridgehead atoms. The minimum atomic E-state index is -3.42. The summed E-state index contributed by atoms with van der Waals surface area (Å²) in [7, 11) is -3.42. The predicted octanol–water partition coefficient (Wildman–Crippen LogP) is 2.25. The molecule has 0 aliphatic carbocycles. The van der Waals surface area contributed by atoms with Gasteiger partial charge in [0.2, 0.25) is 5.95 Å². The Hall–Kier alpha value is -1.95. The second-order valence-electron chi connectivity index (χ2n) is 4.96. The molecular weight excluding hydrogens is 274 g/mol. The van der Waals surface area contributed by atoms with Gasteiger partial charge in [0.15, 0.2) is 14.9 Å². The molecule has 0 fully saturated rings. The Balaban J connectivity index is 2.68. The van der Waals surface area contributed by atoms with E-state index in [9.17, 15) is 8.42 Å². The third kappa shape index (κ3) is 2.96. The molecule has 20 heavy (non-hydrogen) atoms. The molecule has 1 aromatic carbocycles. The number of nitrogens with zero attached hydrogens (tertiary/aromatic N) is 2. The van der Waals surface area contributed by atoms with Gasteiger partial charge >= 0.3 is 0 Å². The lowest BCUT2D eigenvalue weighted by Gasteiger charge is -2.12. The van der Waals surface area contributed by atoms with E-state index in [2.05, 4.69) is 23.8 Å². The van der Waals surface area contributed by atoms with Crippen LogP contribution in [0.5, 0.6) is 0 Å². The second kappa shape index (κ2) is 5.20.